The van der Waals surface area contributed by atoms with Gasteiger partial charge in [0.25, 0.3) is 5.91 Å². The number of anilines is 1. The SMILES string of the molecule is Cc1ccc(-c2ccc(N3CCCN(C(=O)CN(CCN(C)C)C(=O)c4cccs4)CC3)nn2)cc1. The van der Waals surface area contributed by atoms with Crippen molar-refractivity contribution in [3.8, 4) is 11.3 Å². The predicted molar refractivity (Wildman–Crippen MR) is 144 cm³/mol. The van der Waals surface area contributed by atoms with Crippen LogP contribution in [0.4, 0.5) is 5.82 Å². The van der Waals surface area contributed by atoms with Crippen molar-refractivity contribution in [1.82, 2.24) is 24.9 Å². The highest BCUT2D eigenvalue weighted by Gasteiger charge is 2.25. The molecule has 4 rings (SSSR count). The third-order valence-electron chi connectivity index (χ3n) is 6.33. The number of rotatable bonds is 8. The number of thiophene rings is 1. The first-order valence-corrected chi connectivity index (χ1v) is 13.2. The summed E-state index contributed by atoms with van der Waals surface area (Å²) in [6.07, 6.45) is 0.837. The summed E-state index contributed by atoms with van der Waals surface area (Å²) in [5.41, 5.74) is 3.10. The first-order valence-electron chi connectivity index (χ1n) is 12.3. The van der Waals surface area contributed by atoms with Gasteiger partial charge in [-0.3, -0.25) is 9.59 Å². The summed E-state index contributed by atoms with van der Waals surface area (Å²) in [4.78, 5) is 34.6. The maximum absolute atomic E-state index is 13.2. The molecule has 0 aliphatic carbocycles. The second-order valence-electron chi connectivity index (χ2n) is 9.37. The van der Waals surface area contributed by atoms with Crippen LogP contribution in [0.15, 0.2) is 53.9 Å². The maximum atomic E-state index is 13.2. The molecule has 0 unspecified atom stereocenters. The van der Waals surface area contributed by atoms with Crippen LogP contribution in [0.5, 0.6) is 0 Å². The average Bonchev–Trinajstić information content (AvgIpc) is 3.31. The van der Waals surface area contributed by atoms with Crippen molar-refractivity contribution < 1.29 is 9.59 Å². The van der Waals surface area contributed by atoms with E-state index in [0.29, 0.717) is 37.6 Å². The fourth-order valence-corrected chi connectivity index (χ4v) is 4.85. The first kappa shape index (κ1) is 25.8. The van der Waals surface area contributed by atoms with Crippen LogP contribution in [0.25, 0.3) is 11.3 Å². The number of carbonyl (C=O) groups excluding carboxylic acids is 2. The summed E-state index contributed by atoms with van der Waals surface area (Å²) in [5.74, 6) is 0.725. The average molecular weight is 507 g/mol. The number of benzene rings is 1. The van der Waals surface area contributed by atoms with E-state index in [9.17, 15) is 9.59 Å². The third-order valence-corrected chi connectivity index (χ3v) is 7.19. The molecule has 36 heavy (non-hydrogen) atoms. The summed E-state index contributed by atoms with van der Waals surface area (Å²) in [6, 6.07) is 15.9. The molecule has 9 heteroatoms. The van der Waals surface area contributed by atoms with E-state index in [2.05, 4.69) is 46.3 Å². The van der Waals surface area contributed by atoms with E-state index in [0.717, 1.165) is 30.0 Å². The van der Waals surface area contributed by atoms with Crippen LogP contribution in [0.3, 0.4) is 0 Å². The number of aryl methyl sites for hydroxylation is 1. The van der Waals surface area contributed by atoms with Gasteiger partial charge in [-0.2, -0.15) is 0 Å². The van der Waals surface area contributed by atoms with Crippen molar-refractivity contribution in [2.45, 2.75) is 13.3 Å². The zero-order valence-corrected chi connectivity index (χ0v) is 22.1. The first-order chi connectivity index (χ1) is 17.4. The van der Waals surface area contributed by atoms with Crippen LogP contribution in [-0.2, 0) is 4.79 Å². The Labute approximate surface area is 217 Å². The number of amides is 2. The Morgan fingerprint density at radius 1 is 0.944 bits per heavy atom. The zero-order chi connectivity index (χ0) is 25.5. The van der Waals surface area contributed by atoms with Gasteiger partial charge in [-0.05, 0) is 51.0 Å². The quantitative estimate of drug-likeness (QED) is 0.467. The lowest BCUT2D eigenvalue weighted by molar-refractivity contribution is -0.131. The number of aromatic nitrogens is 2. The molecule has 3 heterocycles. The van der Waals surface area contributed by atoms with Crippen molar-refractivity contribution >= 4 is 29.0 Å². The lowest BCUT2D eigenvalue weighted by Gasteiger charge is -2.27. The van der Waals surface area contributed by atoms with Gasteiger partial charge in [0.05, 0.1) is 10.6 Å². The molecular weight excluding hydrogens is 472 g/mol. The standard InChI is InChI=1S/C27H34N6O2S/c1-21-7-9-22(10-8-21)23-11-12-25(29-28-23)31-13-5-14-32(18-17-31)26(34)20-33(16-15-30(2)3)27(35)24-6-4-19-36-24/h4,6-12,19H,5,13-18,20H2,1-3H3. The molecule has 2 amide bonds. The van der Waals surface area contributed by atoms with E-state index >= 15 is 0 Å². The normalized spacial score (nSPS) is 14.1. The molecule has 0 bridgehead atoms. The number of nitrogens with zero attached hydrogens (tertiary/aromatic N) is 6. The Bertz CT molecular complexity index is 1130. The molecule has 1 saturated heterocycles. The minimum absolute atomic E-state index is 0.0127. The lowest BCUT2D eigenvalue weighted by atomic mass is 10.1. The van der Waals surface area contributed by atoms with Gasteiger partial charge in [0.15, 0.2) is 5.82 Å². The fourth-order valence-electron chi connectivity index (χ4n) is 4.16. The van der Waals surface area contributed by atoms with Crippen molar-refractivity contribution in [2.75, 3.05) is 64.8 Å². The summed E-state index contributed by atoms with van der Waals surface area (Å²) in [5, 5.41) is 10.8. The summed E-state index contributed by atoms with van der Waals surface area (Å²) >= 11 is 1.41. The van der Waals surface area contributed by atoms with E-state index in [-0.39, 0.29) is 18.4 Å². The van der Waals surface area contributed by atoms with Gasteiger partial charge in [0.1, 0.15) is 6.54 Å². The molecule has 0 atom stereocenters. The van der Waals surface area contributed by atoms with E-state index in [1.807, 2.05) is 53.5 Å². The topological polar surface area (TPSA) is 72.9 Å². The van der Waals surface area contributed by atoms with Gasteiger partial charge in [-0.25, -0.2) is 0 Å². The van der Waals surface area contributed by atoms with Crippen molar-refractivity contribution in [2.24, 2.45) is 0 Å². The second-order valence-corrected chi connectivity index (χ2v) is 10.3. The maximum Gasteiger partial charge on any atom is 0.264 e. The summed E-state index contributed by atoms with van der Waals surface area (Å²) in [6.45, 7) is 6.12. The van der Waals surface area contributed by atoms with Crippen LogP contribution in [0.1, 0.15) is 21.7 Å². The molecule has 1 aliphatic rings. The monoisotopic (exact) mass is 506 g/mol. The molecule has 0 N–H and O–H groups in total. The Morgan fingerprint density at radius 2 is 1.75 bits per heavy atom. The molecule has 3 aromatic rings. The number of hydrogen-bond acceptors (Lipinski definition) is 7. The van der Waals surface area contributed by atoms with Crippen LogP contribution in [-0.4, -0.2) is 96.6 Å². The Kier molecular flexibility index (Phi) is 8.66. The number of hydrogen-bond donors (Lipinski definition) is 0. The molecule has 0 spiro atoms. The molecule has 1 aliphatic heterocycles. The minimum Gasteiger partial charge on any atom is -0.353 e. The van der Waals surface area contributed by atoms with Gasteiger partial charge < -0.3 is 19.6 Å². The predicted octanol–water partition coefficient (Wildman–Crippen LogP) is 3.26. The van der Waals surface area contributed by atoms with Gasteiger partial charge in [-0.15, -0.1) is 21.5 Å². The van der Waals surface area contributed by atoms with Gasteiger partial charge in [0.2, 0.25) is 5.91 Å². The molecule has 1 fully saturated rings. The van der Waals surface area contributed by atoms with Crippen molar-refractivity contribution in [3.63, 3.8) is 0 Å². The van der Waals surface area contributed by atoms with Crippen molar-refractivity contribution in [1.29, 1.82) is 0 Å². The lowest BCUT2D eigenvalue weighted by Crippen LogP contribution is -2.46. The second kappa shape index (κ2) is 12.1. The molecule has 1 aromatic carbocycles. The van der Waals surface area contributed by atoms with Crippen LogP contribution in [0, 0.1) is 6.92 Å². The van der Waals surface area contributed by atoms with E-state index in [4.69, 9.17) is 0 Å². The fraction of sp³-hybridized carbons (Fsp3) is 0.407. The minimum atomic E-state index is -0.0828. The van der Waals surface area contributed by atoms with E-state index in [1.165, 1.54) is 16.9 Å². The van der Waals surface area contributed by atoms with Crippen molar-refractivity contribution in [3.05, 3.63) is 64.4 Å². The molecular formula is C27H34N6O2S. The van der Waals surface area contributed by atoms with Crippen LogP contribution < -0.4 is 4.90 Å². The smallest absolute Gasteiger partial charge is 0.264 e. The van der Waals surface area contributed by atoms with Crippen LogP contribution in [0.2, 0.25) is 0 Å². The Balaban J connectivity index is 1.36. The van der Waals surface area contributed by atoms with Gasteiger partial charge in [-0.1, -0.05) is 35.9 Å². The van der Waals surface area contributed by atoms with Gasteiger partial charge >= 0.3 is 0 Å². The van der Waals surface area contributed by atoms with Crippen LogP contribution >= 0.6 is 11.3 Å². The Hall–Kier alpha value is -3.30. The van der Waals surface area contributed by atoms with Gasteiger partial charge in [0, 0.05) is 44.8 Å². The molecule has 2 aromatic heterocycles. The third kappa shape index (κ3) is 6.67. The largest absolute Gasteiger partial charge is 0.353 e. The van der Waals surface area contributed by atoms with E-state index < -0.39 is 0 Å². The van der Waals surface area contributed by atoms with E-state index in [1.54, 1.807) is 4.90 Å². The highest BCUT2D eigenvalue weighted by atomic mass is 32.1. The number of carbonyl (C=O) groups is 2. The molecule has 190 valence electrons. The highest BCUT2D eigenvalue weighted by Crippen LogP contribution is 2.20. The molecule has 0 saturated carbocycles. The molecule has 0 radical (unpaired) electrons. The molecule has 8 nitrogen and oxygen atoms in total. The summed E-state index contributed by atoms with van der Waals surface area (Å²) < 4.78 is 0. The zero-order valence-electron chi connectivity index (χ0n) is 21.3. The summed E-state index contributed by atoms with van der Waals surface area (Å²) in [7, 11) is 3.93. The highest BCUT2D eigenvalue weighted by molar-refractivity contribution is 7.12. The Morgan fingerprint density at radius 3 is 2.42 bits per heavy atom. The number of likely N-dealkylation sites (N-methyl/N-ethyl adjacent to an activating group) is 1.